The third-order valence-electron chi connectivity index (χ3n) is 3.26. The van der Waals surface area contributed by atoms with Crippen molar-refractivity contribution in [3.63, 3.8) is 0 Å². The molecule has 2 rings (SSSR count). The van der Waals surface area contributed by atoms with Gasteiger partial charge in [-0.15, -0.1) is 0 Å². The first-order valence-corrected chi connectivity index (χ1v) is 6.65. The molecule has 0 aliphatic heterocycles. The predicted octanol–water partition coefficient (Wildman–Crippen LogP) is 3.47. The van der Waals surface area contributed by atoms with Gasteiger partial charge in [-0.3, -0.25) is 5.84 Å². The van der Waals surface area contributed by atoms with Crippen molar-refractivity contribution in [3.8, 4) is 0 Å². The van der Waals surface area contributed by atoms with Gasteiger partial charge in [0, 0.05) is 11.6 Å². The Bertz CT molecular complexity index is 584. The number of nitrogens with two attached hydrogens (primary N) is 1. The quantitative estimate of drug-likeness (QED) is 0.648. The van der Waals surface area contributed by atoms with E-state index in [1.165, 1.54) is 17.7 Å². The Morgan fingerprint density at radius 2 is 1.95 bits per heavy atom. The van der Waals surface area contributed by atoms with Gasteiger partial charge in [0.15, 0.2) is 0 Å². The van der Waals surface area contributed by atoms with Crippen LogP contribution in [0.4, 0.5) is 8.78 Å². The molecule has 0 heterocycles. The van der Waals surface area contributed by atoms with Gasteiger partial charge in [-0.25, -0.2) is 14.2 Å². The second kappa shape index (κ2) is 6.59. The molecule has 2 nitrogen and oxygen atoms in total. The molecule has 0 amide bonds. The minimum atomic E-state index is -0.603. The van der Waals surface area contributed by atoms with Crippen molar-refractivity contribution in [3.05, 3.63) is 70.8 Å². The van der Waals surface area contributed by atoms with Gasteiger partial charge in [0.05, 0.1) is 6.04 Å². The zero-order chi connectivity index (χ0) is 14.5. The summed E-state index contributed by atoms with van der Waals surface area (Å²) in [5.74, 6) is 4.36. The van der Waals surface area contributed by atoms with Gasteiger partial charge in [0.2, 0.25) is 0 Å². The highest BCUT2D eigenvalue weighted by Crippen LogP contribution is 2.25. The van der Waals surface area contributed by atoms with E-state index in [1.807, 2.05) is 24.3 Å². The van der Waals surface area contributed by atoms with Crippen LogP contribution in [-0.2, 0) is 6.42 Å². The molecule has 20 heavy (non-hydrogen) atoms. The van der Waals surface area contributed by atoms with E-state index in [-0.39, 0.29) is 0 Å². The molecule has 0 fully saturated rings. The lowest BCUT2D eigenvalue weighted by Crippen LogP contribution is -2.29. The van der Waals surface area contributed by atoms with Gasteiger partial charge < -0.3 is 0 Å². The Hall–Kier alpha value is -1.78. The summed E-state index contributed by atoms with van der Waals surface area (Å²) in [6.45, 7) is 2.10. The first-order chi connectivity index (χ1) is 9.65. The van der Waals surface area contributed by atoms with E-state index in [4.69, 9.17) is 5.84 Å². The van der Waals surface area contributed by atoms with E-state index in [9.17, 15) is 8.78 Å². The number of hydrazine groups is 1. The molecule has 0 saturated heterocycles. The van der Waals surface area contributed by atoms with Crippen LogP contribution in [0.1, 0.15) is 36.1 Å². The van der Waals surface area contributed by atoms with Crippen molar-refractivity contribution in [2.75, 3.05) is 0 Å². The van der Waals surface area contributed by atoms with E-state index in [1.54, 1.807) is 0 Å². The summed E-state index contributed by atoms with van der Waals surface area (Å²) in [6, 6.07) is 10.9. The molecule has 1 atom stereocenters. The fourth-order valence-electron chi connectivity index (χ4n) is 2.32. The van der Waals surface area contributed by atoms with Gasteiger partial charge in [0.1, 0.15) is 11.6 Å². The lowest BCUT2D eigenvalue weighted by molar-refractivity contribution is 0.541. The van der Waals surface area contributed by atoms with Crippen molar-refractivity contribution in [1.29, 1.82) is 0 Å². The summed E-state index contributed by atoms with van der Waals surface area (Å²) in [5.41, 5.74) is 4.98. The third-order valence-corrected chi connectivity index (χ3v) is 3.26. The largest absolute Gasteiger partial charge is 0.271 e. The second-order valence-electron chi connectivity index (χ2n) is 4.76. The zero-order valence-electron chi connectivity index (χ0n) is 11.4. The monoisotopic (exact) mass is 276 g/mol. The van der Waals surface area contributed by atoms with Crippen LogP contribution in [0.2, 0.25) is 0 Å². The molecule has 2 aromatic rings. The van der Waals surface area contributed by atoms with E-state index in [0.29, 0.717) is 5.56 Å². The van der Waals surface area contributed by atoms with E-state index in [2.05, 4.69) is 12.3 Å². The molecular formula is C16H18F2N2. The molecule has 2 aromatic carbocycles. The van der Waals surface area contributed by atoms with Crippen LogP contribution in [0.3, 0.4) is 0 Å². The first kappa shape index (κ1) is 14.6. The fraction of sp³-hybridized carbons (Fsp3) is 0.250. The standard InChI is InChI=1S/C16H18F2N2/c1-2-4-11-5-3-6-12(9-11)16(20-19)14-8-7-13(17)10-15(14)18/h3,5-10,16,20H,2,4,19H2,1H3. The summed E-state index contributed by atoms with van der Waals surface area (Å²) in [4.78, 5) is 0. The van der Waals surface area contributed by atoms with Crippen LogP contribution in [0.15, 0.2) is 42.5 Å². The van der Waals surface area contributed by atoms with E-state index in [0.717, 1.165) is 24.5 Å². The minimum Gasteiger partial charge on any atom is -0.271 e. The summed E-state index contributed by atoms with van der Waals surface area (Å²) < 4.78 is 26.9. The van der Waals surface area contributed by atoms with Gasteiger partial charge >= 0.3 is 0 Å². The maximum absolute atomic E-state index is 13.9. The van der Waals surface area contributed by atoms with E-state index >= 15 is 0 Å². The number of aryl methyl sites for hydroxylation is 1. The highest BCUT2D eigenvalue weighted by molar-refractivity contribution is 5.35. The molecule has 0 aliphatic carbocycles. The Morgan fingerprint density at radius 3 is 2.60 bits per heavy atom. The van der Waals surface area contributed by atoms with Crippen molar-refractivity contribution >= 4 is 0 Å². The Labute approximate surface area is 117 Å². The summed E-state index contributed by atoms with van der Waals surface area (Å²) in [6.07, 6.45) is 1.99. The molecular weight excluding hydrogens is 258 g/mol. The number of nitrogens with one attached hydrogen (secondary N) is 1. The minimum absolute atomic E-state index is 0.336. The average Bonchev–Trinajstić information content (AvgIpc) is 2.43. The van der Waals surface area contributed by atoms with Crippen molar-refractivity contribution < 1.29 is 8.78 Å². The van der Waals surface area contributed by atoms with Crippen LogP contribution in [-0.4, -0.2) is 0 Å². The second-order valence-corrected chi connectivity index (χ2v) is 4.76. The van der Waals surface area contributed by atoms with Gasteiger partial charge in [0.25, 0.3) is 0 Å². The SMILES string of the molecule is CCCc1cccc(C(NN)c2ccc(F)cc2F)c1. The van der Waals surface area contributed by atoms with Crippen LogP contribution in [0.5, 0.6) is 0 Å². The van der Waals surface area contributed by atoms with Crippen LogP contribution in [0, 0.1) is 11.6 Å². The van der Waals surface area contributed by atoms with Gasteiger partial charge in [-0.1, -0.05) is 43.7 Å². The first-order valence-electron chi connectivity index (χ1n) is 6.65. The zero-order valence-corrected chi connectivity index (χ0v) is 11.4. The van der Waals surface area contributed by atoms with Crippen LogP contribution >= 0.6 is 0 Å². The molecule has 0 aliphatic rings. The molecule has 0 radical (unpaired) electrons. The molecule has 106 valence electrons. The summed E-state index contributed by atoms with van der Waals surface area (Å²) in [7, 11) is 0. The molecule has 0 spiro atoms. The number of hydrogen-bond donors (Lipinski definition) is 2. The Balaban J connectivity index is 2.38. The molecule has 0 aromatic heterocycles. The third kappa shape index (κ3) is 3.21. The Morgan fingerprint density at radius 1 is 1.15 bits per heavy atom. The van der Waals surface area contributed by atoms with Crippen molar-refractivity contribution in [1.82, 2.24) is 5.43 Å². The number of hydrogen-bond acceptors (Lipinski definition) is 2. The van der Waals surface area contributed by atoms with Crippen LogP contribution < -0.4 is 11.3 Å². The van der Waals surface area contributed by atoms with Crippen LogP contribution in [0.25, 0.3) is 0 Å². The number of rotatable bonds is 5. The molecule has 3 N–H and O–H groups in total. The highest BCUT2D eigenvalue weighted by Gasteiger charge is 2.17. The maximum atomic E-state index is 13.9. The van der Waals surface area contributed by atoms with E-state index < -0.39 is 17.7 Å². The van der Waals surface area contributed by atoms with Crippen molar-refractivity contribution in [2.24, 2.45) is 5.84 Å². The average molecular weight is 276 g/mol. The lowest BCUT2D eigenvalue weighted by Gasteiger charge is -2.18. The highest BCUT2D eigenvalue weighted by atomic mass is 19.1. The normalized spacial score (nSPS) is 12.4. The molecule has 1 unspecified atom stereocenters. The van der Waals surface area contributed by atoms with Gasteiger partial charge in [-0.2, -0.15) is 0 Å². The molecule has 0 saturated carbocycles. The topological polar surface area (TPSA) is 38.0 Å². The summed E-state index contributed by atoms with van der Waals surface area (Å²) in [5, 5.41) is 0. The fourth-order valence-corrected chi connectivity index (χ4v) is 2.32. The number of benzene rings is 2. The van der Waals surface area contributed by atoms with Crippen molar-refractivity contribution in [2.45, 2.75) is 25.8 Å². The van der Waals surface area contributed by atoms with Gasteiger partial charge in [-0.05, 0) is 23.6 Å². The maximum Gasteiger partial charge on any atom is 0.131 e. The number of halogens is 2. The predicted molar refractivity (Wildman–Crippen MR) is 76.0 cm³/mol. The lowest BCUT2D eigenvalue weighted by atomic mass is 9.96. The smallest absolute Gasteiger partial charge is 0.131 e. The Kier molecular flexibility index (Phi) is 4.82. The molecule has 4 heteroatoms. The molecule has 0 bridgehead atoms. The summed E-state index contributed by atoms with van der Waals surface area (Å²) >= 11 is 0.